The van der Waals surface area contributed by atoms with E-state index in [-0.39, 0.29) is 7.41 Å². The number of carbonyl (C=O) groups is 1. The molecule has 0 aliphatic rings. The first-order valence-electron chi connectivity index (χ1n) is 4.14. The second-order valence-electron chi connectivity index (χ2n) is 2.67. The highest BCUT2D eigenvalue weighted by Gasteiger charge is 2.09. The van der Waals surface area contributed by atoms with Gasteiger partial charge < -0.3 is 9.92 Å². The molecule has 0 rings (SSSR count). The summed E-state index contributed by atoms with van der Waals surface area (Å²) in [5.41, 5.74) is 0. The van der Waals surface area contributed by atoms with E-state index in [1.165, 1.54) is 0 Å². The molecule has 0 fully saturated rings. The van der Waals surface area contributed by atoms with E-state index in [0.29, 0.717) is 0 Å². The van der Waals surface area contributed by atoms with Gasteiger partial charge in [-0.3, -0.25) is 4.79 Å². The van der Waals surface area contributed by atoms with Crippen molar-refractivity contribution in [3.05, 3.63) is 0 Å². The van der Waals surface area contributed by atoms with Gasteiger partial charge in [0.2, 0.25) is 0 Å². The fraction of sp³-hybridized carbons (Fsp3) is 0.857. The first-order valence-corrected chi connectivity index (χ1v) is 4.14. The van der Waals surface area contributed by atoms with E-state index in [2.05, 4.69) is 13.8 Å². The molecule has 0 saturated carbocycles. The zero-order chi connectivity index (χ0) is 8.69. The maximum Gasteiger partial charge on any atom is 0.340 e. The summed E-state index contributed by atoms with van der Waals surface area (Å²) in [6, 6.07) is 0. The lowest BCUT2D eigenvalue weighted by molar-refractivity contribution is 0.217. The van der Waals surface area contributed by atoms with E-state index in [1.807, 2.05) is 4.81 Å². The van der Waals surface area contributed by atoms with E-state index in [4.69, 9.17) is 5.11 Å². The van der Waals surface area contributed by atoms with Gasteiger partial charge in [0.05, 0.1) is 0 Å². The standard InChI is InChI=1S/C7H16BNO2/c1-3-5-9(6-4-2)8-7(10)11/h8H,3-6H2,1-2H3,(H,10,11). The number of carboxylic acid groups (broad SMARTS) is 1. The average molecular weight is 157 g/mol. The van der Waals surface area contributed by atoms with Crippen LogP contribution in [0.5, 0.6) is 0 Å². The molecule has 1 N–H and O–H groups in total. The molecule has 11 heavy (non-hydrogen) atoms. The Morgan fingerprint density at radius 3 is 2.09 bits per heavy atom. The SMILES string of the molecule is CCCN(BC(=O)O)CCC. The van der Waals surface area contributed by atoms with Gasteiger partial charge >= 0.3 is 7.41 Å². The molecule has 0 bridgehead atoms. The molecule has 0 aromatic rings. The van der Waals surface area contributed by atoms with Crippen molar-refractivity contribution in [2.24, 2.45) is 0 Å². The van der Waals surface area contributed by atoms with Crippen LogP contribution in [0.1, 0.15) is 26.7 Å². The Kier molecular flexibility index (Phi) is 5.94. The van der Waals surface area contributed by atoms with Gasteiger partial charge in [0, 0.05) is 0 Å². The van der Waals surface area contributed by atoms with Crippen LogP contribution in [-0.4, -0.2) is 36.3 Å². The van der Waals surface area contributed by atoms with Crippen LogP contribution < -0.4 is 0 Å². The van der Waals surface area contributed by atoms with Crippen molar-refractivity contribution >= 4 is 13.3 Å². The Bertz CT molecular complexity index is 113. The molecule has 3 nitrogen and oxygen atoms in total. The van der Waals surface area contributed by atoms with Crippen LogP contribution in [0.15, 0.2) is 0 Å². The van der Waals surface area contributed by atoms with Crippen molar-refractivity contribution in [1.29, 1.82) is 0 Å². The minimum absolute atomic E-state index is 0.182. The zero-order valence-corrected chi connectivity index (χ0v) is 7.34. The van der Waals surface area contributed by atoms with Crippen molar-refractivity contribution < 1.29 is 9.90 Å². The van der Waals surface area contributed by atoms with Crippen LogP contribution in [0.3, 0.4) is 0 Å². The maximum absolute atomic E-state index is 10.3. The second kappa shape index (κ2) is 6.22. The van der Waals surface area contributed by atoms with Crippen LogP contribution in [0.2, 0.25) is 0 Å². The van der Waals surface area contributed by atoms with Crippen molar-refractivity contribution in [3.63, 3.8) is 0 Å². The lowest BCUT2D eigenvalue weighted by Crippen LogP contribution is -2.34. The molecule has 4 heteroatoms. The largest absolute Gasteiger partial charge is 0.488 e. The predicted octanol–water partition coefficient (Wildman–Crippen LogP) is 1.14. The summed E-state index contributed by atoms with van der Waals surface area (Å²) in [5.74, 6) is -0.730. The van der Waals surface area contributed by atoms with Crippen LogP contribution in [0.4, 0.5) is 4.79 Å². The fourth-order valence-corrected chi connectivity index (χ4v) is 1.09. The molecule has 0 aliphatic heterocycles. The molecule has 64 valence electrons. The van der Waals surface area contributed by atoms with Gasteiger partial charge in [0.25, 0.3) is 5.87 Å². The third-order valence-electron chi connectivity index (χ3n) is 1.44. The van der Waals surface area contributed by atoms with E-state index >= 15 is 0 Å². The monoisotopic (exact) mass is 157 g/mol. The molecule has 0 unspecified atom stereocenters. The van der Waals surface area contributed by atoms with Gasteiger partial charge in [-0.25, -0.2) is 0 Å². The fourth-order valence-electron chi connectivity index (χ4n) is 1.09. The van der Waals surface area contributed by atoms with Crippen LogP contribution in [-0.2, 0) is 0 Å². The molecule has 0 saturated heterocycles. The van der Waals surface area contributed by atoms with Gasteiger partial charge in [-0.2, -0.15) is 0 Å². The van der Waals surface area contributed by atoms with Crippen LogP contribution in [0.25, 0.3) is 0 Å². The topological polar surface area (TPSA) is 40.5 Å². The zero-order valence-electron chi connectivity index (χ0n) is 7.34. The highest BCUT2D eigenvalue weighted by atomic mass is 16.4. The summed E-state index contributed by atoms with van der Waals surface area (Å²) in [4.78, 5) is 12.3. The maximum atomic E-state index is 10.3. The van der Waals surface area contributed by atoms with E-state index in [9.17, 15) is 4.79 Å². The van der Waals surface area contributed by atoms with Gasteiger partial charge in [0.1, 0.15) is 0 Å². The molecule has 0 spiro atoms. The Morgan fingerprint density at radius 1 is 1.36 bits per heavy atom. The van der Waals surface area contributed by atoms with Crippen molar-refractivity contribution in [2.75, 3.05) is 13.1 Å². The summed E-state index contributed by atoms with van der Waals surface area (Å²) in [6.45, 7) is 5.90. The predicted molar refractivity (Wildman–Crippen MR) is 47.3 cm³/mol. The first-order chi connectivity index (χ1) is 5.20. The number of hydrogen-bond donors (Lipinski definition) is 1. The molecule has 0 heterocycles. The lowest BCUT2D eigenvalue weighted by atomic mass is 9.91. The molecular formula is C7H16BNO2. The molecule has 0 amide bonds. The van der Waals surface area contributed by atoms with Crippen molar-refractivity contribution in [3.8, 4) is 0 Å². The van der Waals surface area contributed by atoms with Gasteiger partial charge in [-0.05, 0) is 25.9 Å². The van der Waals surface area contributed by atoms with Crippen LogP contribution in [0, 0.1) is 0 Å². The number of rotatable bonds is 6. The Balaban J connectivity index is 3.59. The summed E-state index contributed by atoms with van der Waals surface area (Å²) < 4.78 is 0. The smallest absolute Gasteiger partial charge is 0.340 e. The normalized spacial score (nSPS) is 10.1. The Morgan fingerprint density at radius 2 is 1.82 bits per heavy atom. The second-order valence-corrected chi connectivity index (χ2v) is 2.67. The molecule has 0 aliphatic carbocycles. The highest BCUT2D eigenvalue weighted by Crippen LogP contribution is 1.91. The van der Waals surface area contributed by atoms with E-state index in [0.717, 1.165) is 25.9 Å². The molecule has 0 aromatic heterocycles. The molecule has 0 radical (unpaired) electrons. The van der Waals surface area contributed by atoms with Gasteiger partial charge in [-0.15, -0.1) is 0 Å². The van der Waals surface area contributed by atoms with Gasteiger partial charge in [0.15, 0.2) is 0 Å². The minimum atomic E-state index is -0.730. The number of hydrogen-bond acceptors (Lipinski definition) is 2. The van der Waals surface area contributed by atoms with Crippen molar-refractivity contribution in [2.45, 2.75) is 26.7 Å². The quantitative estimate of drug-likeness (QED) is 0.587. The first kappa shape index (κ1) is 10.5. The Labute approximate surface area is 68.7 Å². The Hall–Kier alpha value is -0.505. The van der Waals surface area contributed by atoms with Crippen LogP contribution >= 0.6 is 0 Å². The lowest BCUT2D eigenvalue weighted by Gasteiger charge is -2.16. The highest BCUT2D eigenvalue weighted by molar-refractivity contribution is 6.69. The minimum Gasteiger partial charge on any atom is -0.488 e. The summed E-state index contributed by atoms with van der Waals surface area (Å²) >= 11 is 0. The average Bonchev–Trinajstić information content (AvgIpc) is 1.87. The van der Waals surface area contributed by atoms with E-state index < -0.39 is 5.87 Å². The summed E-state index contributed by atoms with van der Waals surface area (Å²) in [5, 5.41) is 8.50. The summed E-state index contributed by atoms with van der Waals surface area (Å²) in [6.07, 6.45) is 2.04. The van der Waals surface area contributed by atoms with Crippen molar-refractivity contribution in [1.82, 2.24) is 4.81 Å². The number of nitrogens with zero attached hydrogens (tertiary/aromatic N) is 1. The third-order valence-corrected chi connectivity index (χ3v) is 1.44. The molecular weight excluding hydrogens is 141 g/mol. The summed E-state index contributed by atoms with van der Waals surface area (Å²) in [7, 11) is 0.182. The van der Waals surface area contributed by atoms with Gasteiger partial charge in [-0.1, -0.05) is 13.8 Å². The van der Waals surface area contributed by atoms with E-state index in [1.54, 1.807) is 0 Å². The molecule has 0 atom stereocenters. The third kappa shape index (κ3) is 5.92. The molecule has 0 aromatic carbocycles.